The van der Waals surface area contributed by atoms with Gasteiger partial charge in [-0.25, -0.2) is 0 Å². The number of benzene rings is 1. The zero-order valence-corrected chi connectivity index (χ0v) is 25.6. The fraction of sp³-hybridized carbons (Fsp3) is 0.467. The molecule has 4 rings (SSSR count). The summed E-state index contributed by atoms with van der Waals surface area (Å²) < 4.78 is 87.4. The monoisotopic (exact) mass is 648 g/mol. The number of aromatic amines is 1. The van der Waals surface area contributed by atoms with Crippen LogP contribution in [0.2, 0.25) is 0 Å². The van der Waals surface area contributed by atoms with E-state index in [-0.39, 0.29) is 59.3 Å². The Morgan fingerprint density at radius 2 is 1.74 bits per heavy atom. The minimum Gasteiger partial charge on any atom is -0.494 e. The highest BCUT2D eigenvalue weighted by molar-refractivity contribution is 7.98. The summed E-state index contributed by atoms with van der Waals surface area (Å²) in [4.78, 5) is 30.2. The minimum atomic E-state index is -4.81. The van der Waals surface area contributed by atoms with Crippen LogP contribution in [0.5, 0.6) is 5.75 Å². The van der Waals surface area contributed by atoms with Crippen LogP contribution in [0.4, 0.5) is 26.3 Å². The van der Waals surface area contributed by atoms with E-state index < -0.39 is 35.8 Å². The number of hydrogen-bond donors (Lipinski definition) is 2. The van der Waals surface area contributed by atoms with Crippen molar-refractivity contribution in [2.75, 3.05) is 6.61 Å². The van der Waals surface area contributed by atoms with Crippen molar-refractivity contribution in [2.45, 2.75) is 83.3 Å². The lowest BCUT2D eigenvalue weighted by atomic mass is 9.99. The second-order valence-corrected chi connectivity index (χ2v) is 11.9. The quantitative estimate of drug-likeness (QED) is 0.117. The number of thiophene rings is 1. The van der Waals surface area contributed by atoms with E-state index in [1.807, 2.05) is 26.8 Å². The number of alkyl halides is 6. The molecular weight excluding hydrogens is 614 g/mol. The van der Waals surface area contributed by atoms with Crippen LogP contribution in [0, 0.1) is 0 Å². The molecule has 0 atom stereocenters. The average Bonchev–Trinajstić information content (AvgIpc) is 3.67. The first-order valence-electron chi connectivity index (χ1n) is 14.1. The molecule has 0 aliphatic heterocycles. The van der Waals surface area contributed by atoms with Crippen LogP contribution >= 0.6 is 23.3 Å². The van der Waals surface area contributed by atoms with E-state index in [9.17, 15) is 35.9 Å². The lowest BCUT2D eigenvalue weighted by Gasteiger charge is -2.17. The molecule has 1 fully saturated rings. The van der Waals surface area contributed by atoms with Crippen LogP contribution < -0.4 is 15.0 Å². The Morgan fingerprint density at radius 3 is 2.35 bits per heavy atom. The van der Waals surface area contributed by atoms with E-state index in [1.54, 1.807) is 6.07 Å². The second-order valence-electron chi connectivity index (χ2n) is 9.65. The lowest BCUT2D eigenvalue weighted by molar-refractivity contribution is -0.137. The third-order valence-corrected chi connectivity index (χ3v) is 8.71. The molecule has 2 N–H and O–H groups in total. The van der Waals surface area contributed by atoms with E-state index >= 15 is 0 Å². The summed E-state index contributed by atoms with van der Waals surface area (Å²) in [6.07, 6.45) is -6.99. The van der Waals surface area contributed by atoms with Crippen molar-refractivity contribution >= 4 is 29.2 Å². The van der Waals surface area contributed by atoms with Gasteiger partial charge in [0.15, 0.2) is 0 Å². The maximum absolute atomic E-state index is 14.2. The topological polar surface area (TPSA) is 71.2 Å². The molecule has 236 valence electrons. The smallest absolute Gasteiger partial charge is 0.417 e. The van der Waals surface area contributed by atoms with Crippen molar-refractivity contribution in [3.8, 4) is 27.4 Å². The first-order chi connectivity index (χ1) is 20.4. The van der Waals surface area contributed by atoms with E-state index in [0.29, 0.717) is 11.3 Å². The van der Waals surface area contributed by atoms with Gasteiger partial charge in [-0.3, -0.25) is 14.3 Å². The minimum absolute atomic E-state index is 0.0453. The van der Waals surface area contributed by atoms with Gasteiger partial charge in [0, 0.05) is 38.2 Å². The number of hydrogen-bond acceptors (Lipinski definition) is 5. The number of aromatic nitrogens is 1. The van der Waals surface area contributed by atoms with Crippen LogP contribution in [-0.2, 0) is 12.6 Å². The van der Waals surface area contributed by atoms with Crippen LogP contribution in [-0.4, -0.2) is 28.9 Å². The van der Waals surface area contributed by atoms with Gasteiger partial charge in [-0.2, -0.15) is 26.3 Å². The first kappa shape index (κ1) is 34.6. The normalized spacial score (nSPS) is 13.3. The van der Waals surface area contributed by atoms with Crippen molar-refractivity contribution in [3.05, 3.63) is 62.8 Å². The number of carbonyl (C=O) groups is 1. The fourth-order valence-electron chi connectivity index (χ4n) is 4.09. The Hall–Kier alpha value is -2.93. The number of unbranched alkanes of at least 4 members (excludes halogenated alkanes) is 2. The summed E-state index contributed by atoms with van der Waals surface area (Å²) >= 11 is 2.58. The summed E-state index contributed by atoms with van der Waals surface area (Å²) in [6.45, 7) is 5.90. The summed E-state index contributed by atoms with van der Waals surface area (Å²) in [6, 6.07) is 8.25. The van der Waals surface area contributed by atoms with E-state index in [1.165, 1.54) is 41.5 Å². The number of amides is 1. The molecule has 1 amide bonds. The number of rotatable bonds is 12. The highest BCUT2D eigenvalue weighted by Gasteiger charge is 2.35. The molecule has 43 heavy (non-hydrogen) atoms. The Labute approximate surface area is 254 Å². The molecule has 0 radical (unpaired) electrons. The van der Waals surface area contributed by atoms with Crippen LogP contribution in [0.15, 0.2) is 41.2 Å². The molecule has 0 unspecified atom stereocenters. The summed E-state index contributed by atoms with van der Waals surface area (Å²) in [5, 5.41) is 0.282. The predicted molar refractivity (Wildman–Crippen MR) is 160 cm³/mol. The van der Waals surface area contributed by atoms with E-state index in [0.717, 1.165) is 23.8 Å². The molecule has 3 aromatic rings. The lowest BCUT2D eigenvalue weighted by Crippen LogP contribution is -2.27. The zero-order valence-electron chi connectivity index (χ0n) is 24.0. The second kappa shape index (κ2) is 15.2. The van der Waals surface area contributed by atoms with Gasteiger partial charge >= 0.3 is 12.4 Å². The van der Waals surface area contributed by atoms with Crippen molar-refractivity contribution in [3.63, 3.8) is 0 Å². The number of nitrogens with one attached hydrogen (secondary N) is 2. The molecule has 1 aromatic carbocycles. The molecule has 5 nitrogen and oxygen atoms in total. The molecule has 0 spiro atoms. The summed E-state index contributed by atoms with van der Waals surface area (Å²) in [5.74, 6) is -0.718. The molecule has 2 aromatic heterocycles. The third kappa shape index (κ3) is 10.1. The van der Waals surface area contributed by atoms with Crippen LogP contribution in [0.25, 0.3) is 21.7 Å². The number of pyridine rings is 1. The standard InChI is InChI=1S/C28H28F6N2O3S2.C2H6/c1-2-17-9-11-23(40-17)20-15-22(35-25(37)24(20)26(38)36-41-18-7-8-18)19-10-6-16(14-21(19)28(32,33)34)39-13-5-3-4-12-27(29,30)31;1-2/h6,9-11,14-15,18H,2-5,7-8,12-13H2,1H3,(H,35,37)(H,36,38);1-2H3. The van der Waals surface area contributed by atoms with Gasteiger partial charge in [-0.15, -0.1) is 11.3 Å². The Kier molecular flexibility index (Phi) is 12.2. The largest absolute Gasteiger partial charge is 0.494 e. The molecule has 1 saturated carbocycles. The number of aryl methyl sites for hydroxylation is 1. The SMILES string of the molecule is CC.CCc1ccc(-c2cc(-c3ccc(OCCCCCC(F)(F)F)cc3C(F)(F)F)[nH]c(=O)c2C(=O)NSC2CC2)s1. The third-order valence-electron chi connectivity index (χ3n) is 6.34. The van der Waals surface area contributed by atoms with Crippen LogP contribution in [0.3, 0.4) is 0 Å². The zero-order chi connectivity index (χ0) is 31.8. The Bertz CT molecular complexity index is 1430. The van der Waals surface area contributed by atoms with E-state index in [2.05, 4.69) is 9.71 Å². The van der Waals surface area contributed by atoms with E-state index in [4.69, 9.17) is 4.74 Å². The summed E-state index contributed by atoms with van der Waals surface area (Å²) in [7, 11) is 0. The van der Waals surface area contributed by atoms with Crippen LogP contribution in [0.1, 0.15) is 80.1 Å². The van der Waals surface area contributed by atoms with Gasteiger partial charge in [0.1, 0.15) is 11.3 Å². The number of halogens is 6. The van der Waals surface area contributed by atoms with Crippen molar-refractivity contribution < 1.29 is 35.9 Å². The predicted octanol–water partition coefficient (Wildman–Crippen LogP) is 9.42. The van der Waals surface area contributed by atoms with Crippen molar-refractivity contribution in [1.29, 1.82) is 0 Å². The maximum Gasteiger partial charge on any atom is 0.417 e. The first-order valence-corrected chi connectivity index (χ1v) is 15.8. The molecule has 2 heterocycles. The fourth-order valence-corrected chi connectivity index (χ4v) is 5.81. The highest BCUT2D eigenvalue weighted by Crippen LogP contribution is 2.40. The number of carbonyl (C=O) groups excluding carboxylic acids is 1. The molecule has 1 aliphatic carbocycles. The van der Waals surface area contributed by atoms with Gasteiger partial charge in [-0.05, 0) is 86.9 Å². The van der Waals surface area contributed by atoms with Gasteiger partial charge in [0.2, 0.25) is 0 Å². The number of ether oxygens (including phenoxy) is 1. The van der Waals surface area contributed by atoms with Gasteiger partial charge in [-0.1, -0.05) is 20.8 Å². The van der Waals surface area contributed by atoms with Crippen molar-refractivity contribution in [2.24, 2.45) is 0 Å². The average molecular weight is 649 g/mol. The molecule has 1 aliphatic rings. The molecular formula is C30H34F6N2O3S2. The van der Waals surface area contributed by atoms with Gasteiger partial charge in [0.05, 0.1) is 12.2 Å². The van der Waals surface area contributed by atoms with Crippen molar-refractivity contribution in [1.82, 2.24) is 9.71 Å². The van der Waals surface area contributed by atoms with Gasteiger partial charge < -0.3 is 9.72 Å². The highest BCUT2D eigenvalue weighted by atomic mass is 32.2. The summed E-state index contributed by atoms with van der Waals surface area (Å²) in [5.41, 5.74) is -2.24. The molecule has 0 bridgehead atoms. The maximum atomic E-state index is 14.2. The van der Waals surface area contributed by atoms with Gasteiger partial charge in [0.25, 0.3) is 11.5 Å². The number of H-pyrrole nitrogens is 1. The molecule has 13 heteroatoms. The Balaban J connectivity index is 0.00000248. The molecule has 0 saturated heterocycles. The Morgan fingerprint density at radius 1 is 1.02 bits per heavy atom.